The number of rotatable bonds is 5. The molecule has 0 aliphatic carbocycles. The van der Waals surface area contributed by atoms with Crippen molar-refractivity contribution in [3.05, 3.63) is 58.8 Å². The van der Waals surface area contributed by atoms with E-state index < -0.39 is 0 Å². The van der Waals surface area contributed by atoms with E-state index in [0.29, 0.717) is 23.7 Å². The summed E-state index contributed by atoms with van der Waals surface area (Å²) in [6, 6.07) is 12.7. The number of carbonyl (C=O) groups excluding carboxylic acids is 1. The molecule has 3 rings (SSSR count). The topological polar surface area (TPSA) is 68.6 Å². The van der Waals surface area contributed by atoms with Gasteiger partial charge < -0.3 is 14.2 Å². The summed E-state index contributed by atoms with van der Waals surface area (Å²) < 4.78 is 16.4. The molecular formula is C20H17NO4. The molecule has 0 radical (unpaired) electrons. The van der Waals surface area contributed by atoms with Gasteiger partial charge in [0.15, 0.2) is 12.4 Å². The first-order chi connectivity index (χ1) is 12.1. The van der Waals surface area contributed by atoms with Gasteiger partial charge in [-0.05, 0) is 49.2 Å². The predicted octanol–water partition coefficient (Wildman–Crippen LogP) is 3.91. The van der Waals surface area contributed by atoms with Gasteiger partial charge in [-0.2, -0.15) is 5.26 Å². The number of hydrogen-bond donors (Lipinski definition) is 0. The molecule has 126 valence electrons. The molecule has 0 amide bonds. The van der Waals surface area contributed by atoms with Gasteiger partial charge in [-0.25, -0.2) is 0 Å². The highest BCUT2D eigenvalue weighted by Gasteiger charge is 2.30. The van der Waals surface area contributed by atoms with Crippen LogP contribution >= 0.6 is 0 Å². The van der Waals surface area contributed by atoms with Crippen LogP contribution in [0.25, 0.3) is 6.08 Å². The molecule has 0 spiro atoms. The fourth-order valence-corrected chi connectivity index (χ4v) is 2.65. The minimum absolute atomic E-state index is 0.0545. The third-order valence-corrected chi connectivity index (χ3v) is 3.74. The van der Waals surface area contributed by atoms with E-state index in [1.54, 1.807) is 18.2 Å². The molecule has 0 aromatic heterocycles. The molecule has 25 heavy (non-hydrogen) atoms. The Bertz CT molecular complexity index is 876. The highest BCUT2D eigenvalue weighted by molar-refractivity contribution is 6.15. The van der Waals surface area contributed by atoms with Gasteiger partial charge >= 0.3 is 0 Å². The Balaban J connectivity index is 1.86. The second-order valence-corrected chi connectivity index (χ2v) is 5.50. The van der Waals surface area contributed by atoms with Crippen LogP contribution < -0.4 is 14.2 Å². The van der Waals surface area contributed by atoms with Crippen LogP contribution in [0.15, 0.2) is 42.2 Å². The highest BCUT2D eigenvalue weighted by atomic mass is 16.5. The molecule has 0 bridgehead atoms. The lowest BCUT2D eigenvalue weighted by molar-refractivity contribution is 0.101. The second-order valence-electron chi connectivity index (χ2n) is 5.50. The van der Waals surface area contributed by atoms with E-state index in [1.165, 1.54) is 0 Å². The number of allylic oxidation sites excluding steroid dienone is 1. The number of hydrogen-bond acceptors (Lipinski definition) is 5. The van der Waals surface area contributed by atoms with Gasteiger partial charge in [0.1, 0.15) is 23.3 Å². The number of Topliss-reactive ketones (excluding diaryl/α,β-unsaturated/α-hetero) is 1. The van der Waals surface area contributed by atoms with Crippen molar-refractivity contribution in [3.63, 3.8) is 0 Å². The number of nitrogens with zero attached hydrogens (tertiary/aromatic N) is 1. The molecule has 5 nitrogen and oxygen atoms in total. The van der Waals surface area contributed by atoms with Gasteiger partial charge in [0.2, 0.25) is 5.78 Å². The van der Waals surface area contributed by atoms with Crippen molar-refractivity contribution in [2.45, 2.75) is 13.8 Å². The SMILES string of the molecule is CCOc1ccc(/C=C2\Oc3cc(OCC#N)cc(C)c3C2=O)cc1. The monoisotopic (exact) mass is 335 g/mol. The van der Waals surface area contributed by atoms with Crippen LogP contribution in [0.1, 0.15) is 28.4 Å². The Morgan fingerprint density at radius 1 is 1.16 bits per heavy atom. The summed E-state index contributed by atoms with van der Waals surface area (Å²) >= 11 is 0. The number of ketones is 1. The minimum Gasteiger partial charge on any atom is -0.494 e. The molecule has 0 unspecified atom stereocenters. The standard InChI is InChI=1S/C20H17NO4/c1-3-23-15-6-4-14(5-7-15)11-18-20(22)19-13(2)10-16(24-9-8-21)12-17(19)25-18/h4-7,10-12H,3,9H2,1-2H3/b18-11-. The van der Waals surface area contributed by atoms with Crippen LogP contribution in [0.3, 0.4) is 0 Å². The first-order valence-corrected chi connectivity index (χ1v) is 7.94. The zero-order chi connectivity index (χ0) is 17.8. The fraction of sp³-hybridized carbons (Fsp3) is 0.200. The highest BCUT2D eigenvalue weighted by Crippen LogP contribution is 2.37. The zero-order valence-electron chi connectivity index (χ0n) is 14.0. The minimum atomic E-state index is -0.159. The molecule has 1 aliphatic heterocycles. The van der Waals surface area contributed by atoms with E-state index in [0.717, 1.165) is 16.9 Å². The lowest BCUT2D eigenvalue weighted by Crippen LogP contribution is -2.00. The van der Waals surface area contributed by atoms with Gasteiger partial charge in [-0.3, -0.25) is 4.79 Å². The molecule has 0 N–H and O–H groups in total. The number of nitriles is 1. The van der Waals surface area contributed by atoms with E-state index in [9.17, 15) is 4.79 Å². The van der Waals surface area contributed by atoms with Crippen molar-refractivity contribution in [3.8, 4) is 23.3 Å². The summed E-state index contributed by atoms with van der Waals surface area (Å²) in [7, 11) is 0. The van der Waals surface area contributed by atoms with Gasteiger partial charge in [-0.1, -0.05) is 12.1 Å². The molecule has 0 saturated heterocycles. The van der Waals surface area contributed by atoms with Crippen molar-refractivity contribution >= 4 is 11.9 Å². The van der Waals surface area contributed by atoms with Crippen LogP contribution in [0.2, 0.25) is 0 Å². The van der Waals surface area contributed by atoms with Crippen LogP contribution in [0, 0.1) is 18.3 Å². The van der Waals surface area contributed by atoms with E-state index in [1.807, 2.05) is 44.2 Å². The lowest BCUT2D eigenvalue weighted by Gasteiger charge is -2.06. The Kier molecular flexibility index (Phi) is 4.71. The van der Waals surface area contributed by atoms with Crippen molar-refractivity contribution in [1.29, 1.82) is 5.26 Å². The van der Waals surface area contributed by atoms with Gasteiger partial charge in [0.25, 0.3) is 0 Å². The first kappa shape index (κ1) is 16.6. The Morgan fingerprint density at radius 2 is 1.92 bits per heavy atom. The number of benzene rings is 2. The average Bonchev–Trinajstić information content (AvgIpc) is 2.91. The fourth-order valence-electron chi connectivity index (χ4n) is 2.65. The lowest BCUT2D eigenvalue weighted by atomic mass is 10.0. The Labute approximate surface area is 146 Å². The van der Waals surface area contributed by atoms with E-state index >= 15 is 0 Å². The number of ether oxygens (including phenoxy) is 3. The van der Waals surface area contributed by atoms with E-state index in [-0.39, 0.29) is 18.1 Å². The Hall–Kier alpha value is -3.26. The molecule has 1 heterocycles. The summed E-state index contributed by atoms with van der Waals surface area (Å²) in [4.78, 5) is 12.6. The smallest absolute Gasteiger partial charge is 0.232 e. The third-order valence-electron chi connectivity index (χ3n) is 3.74. The second kappa shape index (κ2) is 7.10. The van der Waals surface area contributed by atoms with Crippen molar-refractivity contribution in [2.24, 2.45) is 0 Å². The van der Waals surface area contributed by atoms with Crippen molar-refractivity contribution < 1.29 is 19.0 Å². The molecule has 2 aromatic carbocycles. The van der Waals surface area contributed by atoms with E-state index in [2.05, 4.69) is 0 Å². The van der Waals surface area contributed by atoms with Crippen LogP contribution in [-0.2, 0) is 0 Å². The Morgan fingerprint density at radius 3 is 2.60 bits per heavy atom. The maximum Gasteiger partial charge on any atom is 0.232 e. The van der Waals surface area contributed by atoms with Crippen LogP contribution in [0.4, 0.5) is 0 Å². The third kappa shape index (κ3) is 3.48. The van der Waals surface area contributed by atoms with Gasteiger partial charge in [0, 0.05) is 6.07 Å². The molecule has 0 atom stereocenters. The summed E-state index contributed by atoms with van der Waals surface area (Å²) in [5.41, 5.74) is 2.13. The molecule has 0 saturated carbocycles. The molecule has 1 aliphatic rings. The van der Waals surface area contributed by atoms with E-state index in [4.69, 9.17) is 19.5 Å². The first-order valence-electron chi connectivity index (χ1n) is 7.94. The van der Waals surface area contributed by atoms with Crippen LogP contribution in [0.5, 0.6) is 17.2 Å². The largest absolute Gasteiger partial charge is 0.494 e. The number of fused-ring (bicyclic) bond motifs is 1. The predicted molar refractivity (Wildman–Crippen MR) is 92.8 cm³/mol. The summed E-state index contributed by atoms with van der Waals surface area (Å²) in [6.07, 6.45) is 1.70. The van der Waals surface area contributed by atoms with Gasteiger partial charge in [-0.15, -0.1) is 0 Å². The maximum absolute atomic E-state index is 12.6. The summed E-state index contributed by atoms with van der Waals surface area (Å²) in [6.45, 7) is 4.29. The quantitative estimate of drug-likeness (QED) is 0.775. The number of aryl methyl sites for hydroxylation is 1. The molecular weight excluding hydrogens is 318 g/mol. The zero-order valence-corrected chi connectivity index (χ0v) is 14.0. The van der Waals surface area contributed by atoms with Crippen molar-refractivity contribution in [1.82, 2.24) is 0 Å². The summed E-state index contributed by atoms with van der Waals surface area (Å²) in [5, 5.41) is 8.61. The number of carbonyl (C=O) groups is 1. The molecule has 5 heteroatoms. The van der Waals surface area contributed by atoms with Gasteiger partial charge in [0.05, 0.1) is 12.2 Å². The maximum atomic E-state index is 12.6. The molecule has 2 aromatic rings. The van der Waals surface area contributed by atoms with Crippen molar-refractivity contribution in [2.75, 3.05) is 13.2 Å². The summed E-state index contributed by atoms with van der Waals surface area (Å²) in [5.74, 6) is 1.85. The normalized spacial score (nSPS) is 14.0. The molecule has 0 fully saturated rings. The average molecular weight is 335 g/mol. The van der Waals surface area contributed by atoms with Crippen LogP contribution in [-0.4, -0.2) is 19.0 Å².